The first-order valence-corrected chi connectivity index (χ1v) is 17.0. The van der Waals surface area contributed by atoms with Crippen LogP contribution in [0.1, 0.15) is 68.2 Å². The minimum absolute atomic E-state index is 0.00901. The molecule has 0 unspecified atom stereocenters. The zero-order valence-electron chi connectivity index (χ0n) is 28.7. The fraction of sp³-hybridized carbons (Fsp3) is 0.472. The van der Waals surface area contributed by atoms with Crippen LogP contribution in [-0.2, 0) is 42.0 Å². The number of hydrogen-bond donors (Lipinski definition) is 0. The molecule has 274 valence electrons. The lowest BCUT2D eigenvalue weighted by Crippen LogP contribution is -2.34. The van der Waals surface area contributed by atoms with E-state index in [1.54, 1.807) is 13.1 Å². The maximum absolute atomic E-state index is 13.8. The number of nitrogens with zero attached hydrogens (tertiary/aromatic N) is 7. The maximum Gasteiger partial charge on any atom is 0.416 e. The molecule has 1 saturated carbocycles. The molecule has 9 nitrogen and oxygen atoms in total. The molecule has 0 N–H and O–H groups in total. The number of aromatic nitrogens is 5. The SMILES string of the molecule is CCOC(=O)C[C@H]1CC[C@H](CN(CC)c2ncc(-c3ccccc3)cc2CN(Cc2cc(C(F)(F)F)cc(C(F)(F)F)c2)c2nnn(C)n2)CC1. The third-order valence-electron chi connectivity index (χ3n) is 9.10. The number of rotatable bonds is 13. The van der Waals surface area contributed by atoms with Gasteiger partial charge in [0, 0.05) is 49.9 Å². The number of tetrazole rings is 1. The van der Waals surface area contributed by atoms with Gasteiger partial charge in [-0.25, -0.2) is 4.98 Å². The fourth-order valence-corrected chi connectivity index (χ4v) is 6.58. The van der Waals surface area contributed by atoms with Gasteiger partial charge in [-0.2, -0.15) is 31.1 Å². The molecule has 5 rings (SSSR count). The van der Waals surface area contributed by atoms with Crippen molar-refractivity contribution in [2.75, 3.05) is 29.5 Å². The van der Waals surface area contributed by atoms with Gasteiger partial charge in [-0.3, -0.25) is 4.79 Å². The van der Waals surface area contributed by atoms with Crippen LogP contribution < -0.4 is 9.80 Å². The summed E-state index contributed by atoms with van der Waals surface area (Å²) < 4.78 is 87.8. The number of ether oxygens (including phenoxy) is 1. The number of alkyl halides is 6. The lowest BCUT2D eigenvalue weighted by molar-refractivity contribution is -0.145. The molecule has 1 aliphatic rings. The number of carbonyl (C=O) groups is 1. The number of halogens is 6. The highest BCUT2D eigenvalue weighted by Gasteiger charge is 2.37. The van der Waals surface area contributed by atoms with Crippen LogP contribution >= 0.6 is 0 Å². The van der Waals surface area contributed by atoms with Crippen LogP contribution in [0, 0.1) is 11.8 Å². The smallest absolute Gasteiger partial charge is 0.416 e. The maximum atomic E-state index is 13.8. The van der Waals surface area contributed by atoms with Gasteiger partial charge >= 0.3 is 18.3 Å². The van der Waals surface area contributed by atoms with Crippen LogP contribution in [0.3, 0.4) is 0 Å². The molecule has 1 aliphatic carbocycles. The summed E-state index contributed by atoms with van der Waals surface area (Å²) in [4.78, 5) is 21.8. The normalized spacial score (nSPS) is 16.6. The Bertz CT molecular complexity index is 1720. The van der Waals surface area contributed by atoms with Gasteiger partial charge in [0.25, 0.3) is 5.95 Å². The van der Waals surface area contributed by atoms with E-state index >= 15 is 0 Å². The van der Waals surface area contributed by atoms with Gasteiger partial charge in [0.1, 0.15) is 5.82 Å². The molecule has 51 heavy (non-hydrogen) atoms. The van der Waals surface area contributed by atoms with Crippen molar-refractivity contribution in [1.82, 2.24) is 25.2 Å². The van der Waals surface area contributed by atoms with Crippen molar-refractivity contribution >= 4 is 17.7 Å². The second-order valence-electron chi connectivity index (χ2n) is 12.9. The van der Waals surface area contributed by atoms with E-state index in [0.717, 1.165) is 48.9 Å². The highest BCUT2D eigenvalue weighted by atomic mass is 19.4. The van der Waals surface area contributed by atoms with Crippen LogP contribution in [0.4, 0.5) is 38.1 Å². The highest BCUT2D eigenvalue weighted by Crippen LogP contribution is 2.38. The molecule has 2 aromatic carbocycles. The molecule has 0 spiro atoms. The molecule has 15 heteroatoms. The Morgan fingerprint density at radius 1 is 0.863 bits per heavy atom. The first kappa shape index (κ1) is 37.6. The summed E-state index contributed by atoms with van der Waals surface area (Å²) in [6, 6.07) is 13.0. The zero-order chi connectivity index (χ0) is 36.8. The molecule has 4 aromatic rings. The summed E-state index contributed by atoms with van der Waals surface area (Å²) in [6.45, 7) is 5.07. The first-order valence-electron chi connectivity index (χ1n) is 17.0. The van der Waals surface area contributed by atoms with Gasteiger partial charge in [0.15, 0.2) is 0 Å². The van der Waals surface area contributed by atoms with Crippen molar-refractivity contribution in [2.24, 2.45) is 18.9 Å². The van der Waals surface area contributed by atoms with Gasteiger partial charge in [-0.05, 0) is 92.0 Å². The molecule has 0 amide bonds. The first-order chi connectivity index (χ1) is 24.2. The summed E-state index contributed by atoms with van der Waals surface area (Å²) in [5, 5.41) is 12.2. The lowest BCUT2D eigenvalue weighted by atomic mass is 9.80. The Hall–Kier alpha value is -4.69. The van der Waals surface area contributed by atoms with Crippen molar-refractivity contribution in [3.63, 3.8) is 0 Å². The van der Waals surface area contributed by atoms with Gasteiger partial charge < -0.3 is 14.5 Å². The van der Waals surface area contributed by atoms with E-state index in [1.165, 1.54) is 16.7 Å². The molecule has 0 bridgehead atoms. The Morgan fingerprint density at radius 2 is 1.51 bits per heavy atom. The number of anilines is 2. The van der Waals surface area contributed by atoms with Crippen LogP contribution in [0.25, 0.3) is 11.1 Å². The Kier molecular flexibility index (Phi) is 11.9. The molecule has 2 heterocycles. The van der Waals surface area contributed by atoms with E-state index in [9.17, 15) is 31.1 Å². The number of carbonyl (C=O) groups excluding carboxylic acids is 1. The second-order valence-corrected chi connectivity index (χ2v) is 12.9. The van der Waals surface area contributed by atoms with E-state index in [1.807, 2.05) is 43.3 Å². The van der Waals surface area contributed by atoms with Gasteiger partial charge in [-0.15, -0.1) is 5.10 Å². The molecule has 2 aromatic heterocycles. The molecule has 0 atom stereocenters. The van der Waals surface area contributed by atoms with Crippen molar-refractivity contribution in [2.45, 2.75) is 71.4 Å². The van der Waals surface area contributed by atoms with Crippen molar-refractivity contribution in [1.29, 1.82) is 0 Å². The van der Waals surface area contributed by atoms with E-state index in [0.29, 0.717) is 43.4 Å². The standard InChI is InChI=1S/C36H41F6N7O2/c1-4-48(21-25-13-11-24(12-14-25)17-32(50)51-5-2)33-29(18-28(20-43-33)27-9-7-6-8-10-27)23-49(34-44-46-47(3)45-34)22-26-15-30(35(37,38)39)19-31(16-26)36(40,41)42/h6-10,15-16,18-20,24-25H,4-5,11-14,17,21-23H2,1-3H3/t24-,25-. The molecule has 0 aliphatic heterocycles. The van der Waals surface area contributed by atoms with Crippen LogP contribution in [0.15, 0.2) is 60.8 Å². The predicted octanol–water partition coefficient (Wildman–Crippen LogP) is 8.10. The summed E-state index contributed by atoms with van der Waals surface area (Å²) in [6.07, 6.45) is -4.17. The largest absolute Gasteiger partial charge is 0.466 e. The molecular formula is C36H41F6N7O2. The number of aryl methyl sites for hydroxylation is 1. The summed E-state index contributed by atoms with van der Waals surface area (Å²) in [5.74, 6) is 1.10. The van der Waals surface area contributed by atoms with Crippen molar-refractivity contribution in [3.8, 4) is 11.1 Å². The summed E-state index contributed by atoms with van der Waals surface area (Å²) in [7, 11) is 1.52. The average Bonchev–Trinajstić information content (AvgIpc) is 3.53. The highest BCUT2D eigenvalue weighted by molar-refractivity contribution is 5.69. The predicted molar refractivity (Wildman–Crippen MR) is 179 cm³/mol. The molecule has 1 fully saturated rings. The van der Waals surface area contributed by atoms with Gasteiger partial charge in [0.05, 0.1) is 24.8 Å². The third-order valence-corrected chi connectivity index (χ3v) is 9.10. The summed E-state index contributed by atoms with van der Waals surface area (Å²) >= 11 is 0. The number of hydrogen-bond acceptors (Lipinski definition) is 8. The van der Waals surface area contributed by atoms with Gasteiger partial charge in [-0.1, -0.05) is 35.4 Å². The zero-order valence-corrected chi connectivity index (χ0v) is 28.7. The Morgan fingerprint density at radius 3 is 2.08 bits per heavy atom. The van der Waals surface area contributed by atoms with Crippen molar-refractivity contribution in [3.05, 3.63) is 83.0 Å². The molecular weight excluding hydrogens is 676 g/mol. The Balaban J connectivity index is 1.49. The van der Waals surface area contributed by atoms with Crippen LogP contribution in [0.5, 0.6) is 0 Å². The minimum atomic E-state index is -4.99. The minimum Gasteiger partial charge on any atom is -0.466 e. The van der Waals surface area contributed by atoms with E-state index < -0.39 is 23.5 Å². The average molecular weight is 718 g/mol. The second kappa shape index (κ2) is 16.1. The fourth-order valence-electron chi connectivity index (χ4n) is 6.58. The molecule has 0 radical (unpaired) electrons. The number of pyridine rings is 1. The third kappa shape index (κ3) is 9.97. The number of benzene rings is 2. The van der Waals surface area contributed by atoms with E-state index in [2.05, 4.69) is 20.3 Å². The molecule has 0 saturated heterocycles. The topological polar surface area (TPSA) is 89.3 Å². The number of esters is 1. The quantitative estimate of drug-likeness (QED) is 0.101. The summed E-state index contributed by atoms with van der Waals surface area (Å²) in [5.41, 5.74) is -0.660. The van der Waals surface area contributed by atoms with Crippen molar-refractivity contribution < 1.29 is 35.9 Å². The van der Waals surface area contributed by atoms with Crippen LogP contribution in [0.2, 0.25) is 0 Å². The monoisotopic (exact) mass is 717 g/mol. The van der Waals surface area contributed by atoms with Crippen LogP contribution in [-0.4, -0.2) is 50.9 Å². The lowest BCUT2D eigenvalue weighted by Gasteiger charge is -2.34. The Labute approximate surface area is 292 Å². The van der Waals surface area contributed by atoms with E-state index in [-0.39, 0.29) is 42.6 Å². The van der Waals surface area contributed by atoms with Gasteiger partial charge in [0.2, 0.25) is 0 Å². The van der Waals surface area contributed by atoms with E-state index in [4.69, 9.17) is 9.72 Å².